The van der Waals surface area contributed by atoms with Gasteiger partial charge in [0.05, 0.1) is 0 Å². The fourth-order valence-electron chi connectivity index (χ4n) is 4.31. The van der Waals surface area contributed by atoms with E-state index in [2.05, 4.69) is 46.3 Å². The minimum absolute atomic E-state index is 0.0143. The molecule has 0 spiro atoms. The fourth-order valence-corrected chi connectivity index (χ4v) is 4.31. The predicted octanol–water partition coefficient (Wildman–Crippen LogP) is 3.82. The summed E-state index contributed by atoms with van der Waals surface area (Å²) in [7, 11) is 1.95. The van der Waals surface area contributed by atoms with Gasteiger partial charge in [-0.05, 0) is 56.1 Å². The van der Waals surface area contributed by atoms with E-state index in [-0.39, 0.29) is 5.91 Å². The van der Waals surface area contributed by atoms with Gasteiger partial charge in [0, 0.05) is 56.4 Å². The van der Waals surface area contributed by atoms with Gasteiger partial charge in [-0.15, -0.1) is 0 Å². The number of benzene rings is 2. The zero-order chi connectivity index (χ0) is 20.9. The molecule has 0 bridgehead atoms. The molecule has 3 aromatic rings. The molecule has 1 fully saturated rings. The molecular weight excluding hydrogens is 372 g/mol. The Labute approximate surface area is 179 Å². The summed E-state index contributed by atoms with van der Waals surface area (Å²) < 4.78 is 1.97. The van der Waals surface area contributed by atoms with Gasteiger partial charge >= 0.3 is 0 Å². The standard InChI is InChI=1S/C25H32N4O/c1-20-8-7-10-22(18-20)29-16-14-28(15-17-29)13-6-5-12-26-25(30)24-19-21-9-3-4-11-23(21)27(24)2/h3-4,7-11,18-19H,5-6,12-17H2,1-2H3,(H,26,30). The third-order valence-corrected chi connectivity index (χ3v) is 6.11. The van der Waals surface area contributed by atoms with Crippen molar-refractivity contribution in [2.24, 2.45) is 7.05 Å². The van der Waals surface area contributed by atoms with E-state index in [4.69, 9.17) is 0 Å². The second-order valence-electron chi connectivity index (χ2n) is 8.28. The lowest BCUT2D eigenvalue weighted by atomic mass is 10.2. The largest absolute Gasteiger partial charge is 0.369 e. The van der Waals surface area contributed by atoms with E-state index in [0.717, 1.165) is 68.7 Å². The number of nitrogens with zero attached hydrogens (tertiary/aromatic N) is 3. The van der Waals surface area contributed by atoms with E-state index in [1.807, 2.05) is 41.9 Å². The van der Waals surface area contributed by atoms with Crippen LogP contribution < -0.4 is 10.2 Å². The van der Waals surface area contributed by atoms with E-state index in [1.165, 1.54) is 11.3 Å². The molecule has 1 aliphatic heterocycles. The number of aromatic nitrogens is 1. The molecule has 158 valence electrons. The van der Waals surface area contributed by atoms with Crippen molar-refractivity contribution in [3.63, 3.8) is 0 Å². The van der Waals surface area contributed by atoms with Gasteiger partial charge < -0.3 is 14.8 Å². The van der Waals surface area contributed by atoms with Crippen LogP contribution in [0.4, 0.5) is 5.69 Å². The van der Waals surface area contributed by atoms with E-state index in [0.29, 0.717) is 0 Å². The molecule has 1 saturated heterocycles. The number of carbonyl (C=O) groups is 1. The highest BCUT2D eigenvalue weighted by Gasteiger charge is 2.17. The lowest BCUT2D eigenvalue weighted by Crippen LogP contribution is -2.46. The second kappa shape index (κ2) is 9.35. The highest BCUT2D eigenvalue weighted by Crippen LogP contribution is 2.19. The van der Waals surface area contributed by atoms with Crippen LogP contribution in [0.3, 0.4) is 0 Å². The van der Waals surface area contributed by atoms with Crippen molar-refractivity contribution in [3.05, 3.63) is 65.9 Å². The Kier molecular flexibility index (Phi) is 6.38. The van der Waals surface area contributed by atoms with Crippen LogP contribution in [0.5, 0.6) is 0 Å². The van der Waals surface area contributed by atoms with Crippen LogP contribution in [0.2, 0.25) is 0 Å². The summed E-state index contributed by atoms with van der Waals surface area (Å²) in [6, 6.07) is 18.8. The van der Waals surface area contributed by atoms with E-state index >= 15 is 0 Å². The molecule has 1 aliphatic rings. The van der Waals surface area contributed by atoms with Gasteiger partial charge in [0.1, 0.15) is 5.69 Å². The number of para-hydroxylation sites is 1. The molecule has 0 atom stereocenters. The lowest BCUT2D eigenvalue weighted by Gasteiger charge is -2.36. The summed E-state index contributed by atoms with van der Waals surface area (Å²) in [5.74, 6) is 0.0143. The van der Waals surface area contributed by atoms with E-state index in [9.17, 15) is 4.79 Å². The molecule has 5 heteroatoms. The SMILES string of the molecule is Cc1cccc(N2CCN(CCCCNC(=O)c3cc4ccccc4n3C)CC2)c1. The highest BCUT2D eigenvalue weighted by atomic mass is 16.1. The normalized spacial score (nSPS) is 14.9. The molecule has 2 heterocycles. The van der Waals surface area contributed by atoms with Gasteiger partial charge in [0.2, 0.25) is 0 Å². The number of rotatable bonds is 7. The molecule has 5 nitrogen and oxygen atoms in total. The Hall–Kier alpha value is -2.79. The van der Waals surface area contributed by atoms with Crippen LogP contribution in [0.1, 0.15) is 28.9 Å². The van der Waals surface area contributed by atoms with Crippen LogP contribution in [-0.4, -0.2) is 54.6 Å². The minimum Gasteiger partial charge on any atom is -0.369 e. The average Bonchev–Trinajstić information content (AvgIpc) is 3.11. The molecule has 1 N–H and O–H groups in total. The number of unbranched alkanes of at least 4 members (excludes halogenated alkanes) is 1. The van der Waals surface area contributed by atoms with Crippen LogP contribution >= 0.6 is 0 Å². The maximum absolute atomic E-state index is 12.5. The maximum Gasteiger partial charge on any atom is 0.267 e. The summed E-state index contributed by atoms with van der Waals surface area (Å²) in [5, 5.41) is 4.19. The van der Waals surface area contributed by atoms with Crippen LogP contribution in [0.15, 0.2) is 54.6 Å². The number of nitrogens with one attached hydrogen (secondary N) is 1. The first kappa shape index (κ1) is 20.5. The van der Waals surface area contributed by atoms with Crippen molar-refractivity contribution < 1.29 is 4.79 Å². The number of carbonyl (C=O) groups excluding carboxylic acids is 1. The molecular formula is C25H32N4O. The molecule has 4 rings (SSSR count). The van der Waals surface area contributed by atoms with Crippen molar-refractivity contribution in [3.8, 4) is 0 Å². The van der Waals surface area contributed by atoms with Gasteiger partial charge in [-0.1, -0.05) is 30.3 Å². The molecule has 30 heavy (non-hydrogen) atoms. The molecule has 0 aliphatic carbocycles. The summed E-state index contributed by atoms with van der Waals surface area (Å²) in [5.41, 5.74) is 4.47. The third kappa shape index (κ3) is 4.68. The van der Waals surface area contributed by atoms with Gasteiger partial charge in [-0.3, -0.25) is 9.69 Å². The molecule has 1 aromatic heterocycles. The zero-order valence-corrected chi connectivity index (χ0v) is 18.1. The minimum atomic E-state index is 0.0143. The topological polar surface area (TPSA) is 40.5 Å². The van der Waals surface area contributed by atoms with Gasteiger partial charge in [0.25, 0.3) is 5.91 Å². The zero-order valence-electron chi connectivity index (χ0n) is 18.1. The van der Waals surface area contributed by atoms with Gasteiger partial charge in [0.15, 0.2) is 0 Å². The van der Waals surface area contributed by atoms with Crippen molar-refractivity contribution in [1.29, 1.82) is 0 Å². The Morgan fingerprint density at radius 3 is 2.53 bits per heavy atom. The highest BCUT2D eigenvalue weighted by molar-refractivity contribution is 5.98. The first-order valence-electron chi connectivity index (χ1n) is 11.0. The number of hydrogen-bond acceptors (Lipinski definition) is 3. The van der Waals surface area contributed by atoms with Gasteiger partial charge in [-0.25, -0.2) is 0 Å². The molecule has 1 amide bonds. The summed E-state index contributed by atoms with van der Waals surface area (Å²) >= 11 is 0. The molecule has 0 saturated carbocycles. The molecule has 0 unspecified atom stereocenters. The maximum atomic E-state index is 12.5. The number of piperazine rings is 1. The Bertz CT molecular complexity index is 1000. The summed E-state index contributed by atoms with van der Waals surface area (Å²) in [4.78, 5) is 17.6. The van der Waals surface area contributed by atoms with Crippen LogP contribution in [0, 0.1) is 6.92 Å². The van der Waals surface area contributed by atoms with Gasteiger partial charge in [-0.2, -0.15) is 0 Å². The number of amides is 1. The van der Waals surface area contributed by atoms with Crippen LogP contribution in [-0.2, 0) is 7.05 Å². The van der Waals surface area contributed by atoms with Crippen molar-refractivity contribution >= 4 is 22.5 Å². The van der Waals surface area contributed by atoms with E-state index < -0.39 is 0 Å². The second-order valence-corrected chi connectivity index (χ2v) is 8.28. The molecule has 2 aromatic carbocycles. The average molecular weight is 405 g/mol. The monoisotopic (exact) mass is 404 g/mol. The van der Waals surface area contributed by atoms with Crippen molar-refractivity contribution in [2.45, 2.75) is 19.8 Å². The number of fused-ring (bicyclic) bond motifs is 1. The Balaban J connectivity index is 1.16. The molecule has 0 radical (unpaired) electrons. The smallest absolute Gasteiger partial charge is 0.267 e. The lowest BCUT2D eigenvalue weighted by molar-refractivity contribution is 0.0945. The van der Waals surface area contributed by atoms with Crippen LogP contribution in [0.25, 0.3) is 10.9 Å². The number of aryl methyl sites for hydroxylation is 2. The number of anilines is 1. The quantitative estimate of drug-likeness (QED) is 0.609. The third-order valence-electron chi connectivity index (χ3n) is 6.11. The Morgan fingerprint density at radius 2 is 1.77 bits per heavy atom. The first-order chi connectivity index (χ1) is 14.6. The Morgan fingerprint density at radius 1 is 0.967 bits per heavy atom. The first-order valence-corrected chi connectivity index (χ1v) is 11.0. The van der Waals surface area contributed by atoms with Crippen molar-refractivity contribution in [2.75, 3.05) is 44.2 Å². The summed E-state index contributed by atoms with van der Waals surface area (Å²) in [6.45, 7) is 8.36. The van der Waals surface area contributed by atoms with Crippen molar-refractivity contribution in [1.82, 2.24) is 14.8 Å². The predicted molar refractivity (Wildman–Crippen MR) is 124 cm³/mol. The fraction of sp³-hybridized carbons (Fsp3) is 0.400. The number of hydrogen-bond donors (Lipinski definition) is 1. The summed E-state index contributed by atoms with van der Waals surface area (Å²) in [6.07, 6.45) is 2.12. The van der Waals surface area contributed by atoms with E-state index in [1.54, 1.807) is 0 Å².